The summed E-state index contributed by atoms with van der Waals surface area (Å²) in [7, 11) is -1.99. The number of amides is 1. The summed E-state index contributed by atoms with van der Waals surface area (Å²) in [5.41, 5.74) is 4.23. The average molecular weight is 475 g/mol. The van der Waals surface area contributed by atoms with Gasteiger partial charge in [0.05, 0.1) is 11.5 Å². The van der Waals surface area contributed by atoms with Crippen LogP contribution >= 0.6 is 0 Å². The maximum atomic E-state index is 13.4. The molecule has 1 N–H and O–H groups in total. The fourth-order valence-corrected chi connectivity index (χ4v) is 6.22. The molecule has 1 amide bonds. The van der Waals surface area contributed by atoms with Gasteiger partial charge < -0.3 is 14.8 Å². The Hall–Kier alpha value is -2.42. The first kappa shape index (κ1) is 25.2. The van der Waals surface area contributed by atoms with Gasteiger partial charge in [0.1, 0.15) is 12.4 Å². The van der Waals surface area contributed by atoms with Gasteiger partial charge in [-0.05, 0) is 87.1 Å². The van der Waals surface area contributed by atoms with E-state index in [0.717, 1.165) is 22.3 Å². The Balaban J connectivity index is 1.61. The van der Waals surface area contributed by atoms with E-state index in [-0.39, 0.29) is 11.8 Å². The molecule has 0 bridgehead atoms. The topological polar surface area (TPSA) is 84.9 Å². The molecule has 180 valence electrons. The summed E-state index contributed by atoms with van der Waals surface area (Å²) in [6.45, 7) is 9.24. The number of nitrogens with zero attached hydrogens (tertiary/aromatic N) is 1. The third kappa shape index (κ3) is 5.75. The van der Waals surface area contributed by atoms with E-state index in [4.69, 9.17) is 9.47 Å². The van der Waals surface area contributed by atoms with Crippen molar-refractivity contribution in [2.24, 2.45) is 5.92 Å². The van der Waals surface area contributed by atoms with Crippen LogP contribution in [0, 0.1) is 33.6 Å². The van der Waals surface area contributed by atoms with Crippen LogP contribution in [0.15, 0.2) is 35.2 Å². The maximum Gasteiger partial charge on any atom is 0.243 e. The Morgan fingerprint density at radius 3 is 2.12 bits per heavy atom. The fourth-order valence-electron chi connectivity index (χ4n) is 4.18. The van der Waals surface area contributed by atoms with Crippen LogP contribution in [0.5, 0.6) is 5.75 Å². The zero-order chi connectivity index (χ0) is 24.2. The normalized spacial score (nSPS) is 15.4. The number of sulfonamides is 1. The lowest BCUT2D eigenvalue weighted by Gasteiger charge is -2.31. The fraction of sp³-hybridized carbons (Fsp3) is 0.480. The molecule has 1 aliphatic rings. The predicted octanol–water partition coefficient (Wildman–Crippen LogP) is 3.98. The van der Waals surface area contributed by atoms with E-state index in [1.54, 1.807) is 31.4 Å². The van der Waals surface area contributed by atoms with E-state index in [9.17, 15) is 13.2 Å². The van der Waals surface area contributed by atoms with Gasteiger partial charge in [-0.3, -0.25) is 4.79 Å². The van der Waals surface area contributed by atoms with Crippen molar-refractivity contribution in [3.05, 3.63) is 52.6 Å². The number of methoxy groups -OCH3 is 1. The first-order chi connectivity index (χ1) is 15.6. The van der Waals surface area contributed by atoms with Gasteiger partial charge in [0, 0.05) is 31.8 Å². The molecule has 0 unspecified atom stereocenters. The number of benzene rings is 2. The molecule has 3 rings (SSSR count). The van der Waals surface area contributed by atoms with Crippen LogP contribution in [-0.4, -0.2) is 52.0 Å². The molecule has 1 heterocycles. The standard InChI is InChI=1S/C25H34N2O5S/c1-17-16-18(2)20(4)24(19(17)3)33(29,30)27-12-10-21(11-13-27)25(28)26-22-6-8-23(9-7-22)32-15-14-31-5/h6-9,16,21H,10-15H2,1-5H3,(H,26,28). The molecule has 8 heteroatoms. The van der Waals surface area contributed by atoms with Gasteiger partial charge in [0.15, 0.2) is 0 Å². The summed E-state index contributed by atoms with van der Waals surface area (Å²) in [4.78, 5) is 13.2. The van der Waals surface area contributed by atoms with Gasteiger partial charge in [0.2, 0.25) is 15.9 Å². The van der Waals surface area contributed by atoms with E-state index in [2.05, 4.69) is 5.32 Å². The molecule has 7 nitrogen and oxygen atoms in total. The lowest BCUT2D eigenvalue weighted by molar-refractivity contribution is -0.120. The third-order valence-corrected chi connectivity index (χ3v) is 8.57. The highest BCUT2D eigenvalue weighted by atomic mass is 32.2. The number of ether oxygens (including phenoxy) is 2. The molecule has 1 fully saturated rings. The van der Waals surface area contributed by atoms with Crippen LogP contribution in [0.25, 0.3) is 0 Å². The van der Waals surface area contributed by atoms with E-state index in [0.29, 0.717) is 55.5 Å². The Kier molecular flexibility index (Phi) is 8.15. The minimum atomic E-state index is -3.61. The van der Waals surface area contributed by atoms with Gasteiger partial charge >= 0.3 is 0 Å². The van der Waals surface area contributed by atoms with Crippen LogP contribution in [0.4, 0.5) is 5.69 Å². The predicted molar refractivity (Wildman–Crippen MR) is 129 cm³/mol. The van der Waals surface area contributed by atoms with Crippen LogP contribution in [0.1, 0.15) is 35.1 Å². The summed E-state index contributed by atoms with van der Waals surface area (Å²) >= 11 is 0. The number of piperidine rings is 1. The number of rotatable bonds is 8. The third-order valence-electron chi connectivity index (χ3n) is 6.40. The molecular formula is C25H34N2O5S. The second kappa shape index (κ2) is 10.7. The quantitative estimate of drug-likeness (QED) is 0.585. The summed E-state index contributed by atoms with van der Waals surface area (Å²) in [6, 6.07) is 9.22. The number of anilines is 1. The summed E-state index contributed by atoms with van der Waals surface area (Å²) in [6.07, 6.45) is 0.984. The van der Waals surface area contributed by atoms with E-state index in [1.165, 1.54) is 4.31 Å². The van der Waals surface area contributed by atoms with Gasteiger partial charge in [-0.1, -0.05) is 6.07 Å². The highest BCUT2D eigenvalue weighted by molar-refractivity contribution is 7.89. The second-order valence-corrected chi connectivity index (χ2v) is 10.5. The zero-order valence-corrected chi connectivity index (χ0v) is 20.9. The largest absolute Gasteiger partial charge is 0.491 e. The second-order valence-electron chi connectivity index (χ2n) is 8.62. The molecule has 1 aliphatic heterocycles. The van der Waals surface area contributed by atoms with E-state index in [1.807, 2.05) is 33.8 Å². The molecule has 2 aromatic rings. The lowest BCUT2D eigenvalue weighted by atomic mass is 9.97. The molecule has 0 atom stereocenters. The highest BCUT2D eigenvalue weighted by Crippen LogP contribution is 2.31. The molecule has 2 aromatic carbocycles. The Labute approximate surface area is 197 Å². The Morgan fingerprint density at radius 2 is 1.58 bits per heavy atom. The number of aryl methyl sites for hydroxylation is 2. The van der Waals surface area contributed by atoms with Crippen molar-refractivity contribution < 1.29 is 22.7 Å². The average Bonchev–Trinajstić information content (AvgIpc) is 2.79. The van der Waals surface area contributed by atoms with Gasteiger partial charge in [-0.15, -0.1) is 0 Å². The monoisotopic (exact) mass is 474 g/mol. The van der Waals surface area contributed by atoms with Gasteiger partial charge in [-0.2, -0.15) is 4.31 Å². The number of carbonyl (C=O) groups excluding carboxylic acids is 1. The molecule has 0 radical (unpaired) electrons. The van der Waals surface area contributed by atoms with E-state index >= 15 is 0 Å². The van der Waals surface area contributed by atoms with Crippen molar-refractivity contribution in [2.75, 3.05) is 38.7 Å². The van der Waals surface area contributed by atoms with Gasteiger partial charge in [-0.25, -0.2) is 8.42 Å². The number of nitrogens with one attached hydrogen (secondary N) is 1. The molecule has 0 aliphatic carbocycles. The van der Waals surface area contributed by atoms with Crippen molar-refractivity contribution in [3.63, 3.8) is 0 Å². The molecule has 0 aromatic heterocycles. The first-order valence-electron chi connectivity index (χ1n) is 11.3. The van der Waals surface area contributed by atoms with Crippen LogP contribution in [-0.2, 0) is 19.6 Å². The highest BCUT2D eigenvalue weighted by Gasteiger charge is 2.34. The minimum absolute atomic E-state index is 0.0844. The van der Waals surface area contributed by atoms with Crippen molar-refractivity contribution >= 4 is 21.6 Å². The molecule has 0 spiro atoms. The number of hydrogen-bond donors (Lipinski definition) is 1. The summed E-state index contributed by atoms with van der Waals surface area (Å²) < 4.78 is 38.9. The summed E-state index contributed by atoms with van der Waals surface area (Å²) in [5.74, 6) is 0.398. The number of carbonyl (C=O) groups is 1. The van der Waals surface area contributed by atoms with Crippen molar-refractivity contribution in [1.82, 2.24) is 4.31 Å². The zero-order valence-electron chi connectivity index (χ0n) is 20.1. The Morgan fingerprint density at radius 1 is 1.00 bits per heavy atom. The minimum Gasteiger partial charge on any atom is -0.491 e. The number of hydrogen-bond acceptors (Lipinski definition) is 5. The van der Waals surface area contributed by atoms with Crippen molar-refractivity contribution in [2.45, 2.75) is 45.4 Å². The molecule has 33 heavy (non-hydrogen) atoms. The van der Waals surface area contributed by atoms with Crippen LogP contribution in [0.3, 0.4) is 0 Å². The van der Waals surface area contributed by atoms with Gasteiger partial charge in [0.25, 0.3) is 0 Å². The molecular weight excluding hydrogens is 440 g/mol. The van der Waals surface area contributed by atoms with E-state index < -0.39 is 10.0 Å². The summed E-state index contributed by atoms with van der Waals surface area (Å²) in [5, 5.41) is 2.94. The van der Waals surface area contributed by atoms with Crippen molar-refractivity contribution in [1.29, 1.82) is 0 Å². The molecule has 1 saturated heterocycles. The first-order valence-corrected chi connectivity index (χ1v) is 12.7. The smallest absolute Gasteiger partial charge is 0.243 e. The van der Waals surface area contributed by atoms with Crippen molar-refractivity contribution in [3.8, 4) is 5.75 Å². The van der Waals surface area contributed by atoms with Crippen LogP contribution < -0.4 is 10.1 Å². The molecule has 0 saturated carbocycles. The Bertz CT molecular complexity index is 1060. The van der Waals surface area contributed by atoms with Crippen LogP contribution in [0.2, 0.25) is 0 Å². The maximum absolute atomic E-state index is 13.4. The lowest BCUT2D eigenvalue weighted by Crippen LogP contribution is -2.41. The SMILES string of the molecule is COCCOc1ccc(NC(=O)C2CCN(S(=O)(=O)c3c(C)c(C)cc(C)c3C)CC2)cc1.